The zero-order valence-corrected chi connectivity index (χ0v) is 17.7. The Morgan fingerprint density at radius 2 is 1.43 bits per heavy atom. The first-order chi connectivity index (χ1) is 14.4. The van der Waals surface area contributed by atoms with Crippen LogP contribution in [0.4, 0.5) is 0 Å². The number of ether oxygens (including phenoxy) is 4. The second kappa shape index (κ2) is 8.90. The number of benzene rings is 2. The summed E-state index contributed by atoms with van der Waals surface area (Å²) in [4.78, 5) is 11.5. The average Bonchev–Trinajstić information content (AvgIpc) is 2.76. The molecule has 3 aromatic rings. The molecule has 1 N–H and O–H groups in total. The highest BCUT2D eigenvalue weighted by Gasteiger charge is 2.26. The van der Waals surface area contributed by atoms with Gasteiger partial charge in [-0.15, -0.1) is 0 Å². The van der Waals surface area contributed by atoms with E-state index < -0.39 is 5.97 Å². The van der Waals surface area contributed by atoms with Gasteiger partial charge in [-0.05, 0) is 17.7 Å². The molecule has 0 amide bonds. The number of fused-ring (bicyclic) bond motifs is 1. The van der Waals surface area contributed by atoms with Crippen LogP contribution in [0.5, 0.6) is 23.0 Å². The number of hydrogen-bond donors (Lipinski definition) is 1. The zero-order valence-electron chi connectivity index (χ0n) is 17.7. The van der Waals surface area contributed by atoms with Gasteiger partial charge in [0, 0.05) is 17.5 Å². The molecule has 1 aromatic heterocycles. The van der Waals surface area contributed by atoms with E-state index in [0.29, 0.717) is 46.3 Å². The van der Waals surface area contributed by atoms with E-state index in [1.807, 2.05) is 25.1 Å². The lowest BCUT2D eigenvalue weighted by atomic mass is 9.99. The average molecular weight is 413 g/mol. The first-order valence-corrected chi connectivity index (χ1v) is 9.44. The number of carboxylic acids is 1. The summed E-state index contributed by atoms with van der Waals surface area (Å²) < 4.78 is 27.8. The topological polar surface area (TPSA) is 85.5 Å². The van der Waals surface area contributed by atoms with Gasteiger partial charge in [-0.3, -0.25) is 4.79 Å². The molecule has 7 heteroatoms. The third-order valence-electron chi connectivity index (χ3n) is 4.91. The summed E-state index contributed by atoms with van der Waals surface area (Å²) in [6, 6.07) is 9.03. The fourth-order valence-electron chi connectivity index (χ4n) is 3.47. The maximum absolute atomic E-state index is 11.5. The van der Waals surface area contributed by atoms with Crippen LogP contribution in [0.2, 0.25) is 0 Å². The standard InChI is InChI=1S/C23H24O7/c1-6-17-15-11-21(28-4)19(26-2)8-13(15)7-18(30-17)16-12-22(29-5)20(27-3)9-14(16)10-23(24)25/h7-9,11-12H,6,10H2,1-5H3/p+1. The van der Waals surface area contributed by atoms with E-state index >= 15 is 0 Å². The number of aryl methyl sites for hydroxylation is 1. The Morgan fingerprint density at radius 3 is 2.00 bits per heavy atom. The number of hydrogen-bond acceptors (Lipinski definition) is 5. The maximum atomic E-state index is 11.5. The largest absolute Gasteiger partial charge is 0.493 e. The molecule has 7 nitrogen and oxygen atoms in total. The third kappa shape index (κ3) is 3.96. The Balaban J connectivity index is 2.31. The summed E-state index contributed by atoms with van der Waals surface area (Å²) in [5.74, 6) is 2.49. The molecule has 0 aliphatic carbocycles. The Labute approximate surface area is 174 Å². The SMILES string of the molecule is CCc1[o+]c(-c2cc(OC)c(OC)cc2CC(=O)O)cc2cc(OC)c(OC)cc12. The molecular weight excluding hydrogens is 388 g/mol. The molecule has 0 aliphatic rings. The van der Waals surface area contributed by atoms with Gasteiger partial charge >= 0.3 is 17.5 Å². The highest BCUT2D eigenvalue weighted by molar-refractivity contribution is 5.90. The fraction of sp³-hybridized carbons (Fsp3) is 0.304. The van der Waals surface area contributed by atoms with Crippen molar-refractivity contribution in [3.8, 4) is 34.3 Å². The van der Waals surface area contributed by atoms with Crippen LogP contribution in [-0.2, 0) is 17.6 Å². The minimum atomic E-state index is -0.952. The minimum absolute atomic E-state index is 0.184. The highest BCUT2D eigenvalue weighted by atomic mass is 16.5. The Hall–Kier alpha value is -3.48. The van der Waals surface area contributed by atoms with Gasteiger partial charge in [0.2, 0.25) is 0 Å². The summed E-state index contributed by atoms with van der Waals surface area (Å²) in [6.07, 6.45) is 0.456. The zero-order chi connectivity index (χ0) is 21.8. The number of methoxy groups -OCH3 is 4. The molecule has 30 heavy (non-hydrogen) atoms. The van der Waals surface area contributed by atoms with Crippen molar-refractivity contribution in [1.29, 1.82) is 0 Å². The summed E-state index contributed by atoms with van der Waals surface area (Å²) in [6.45, 7) is 1.99. The first-order valence-electron chi connectivity index (χ1n) is 9.44. The Bertz CT molecular complexity index is 1090. The molecule has 158 valence electrons. The summed E-state index contributed by atoms with van der Waals surface area (Å²) in [5, 5.41) is 11.2. The van der Waals surface area contributed by atoms with Crippen LogP contribution in [0, 0.1) is 0 Å². The van der Waals surface area contributed by atoms with Crippen LogP contribution in [0.3, 0.4) is 0 Å². The van der Waals surface area contributed by atoms with Crippen LogP contribution in [0.1, 0.15) is 18.2 Å². The molecule has 0 fully saturated rings. The molecule has 0 aliphatic heterocycles. The van der Waals surface area contributed by atoms with Crippen LogP contribution in [0.25, 0.3) is 22.1 Å². The second-order valence-corrected chi connectivity index (χ2v) is 6.62. The van der Waals surface area contributed by atoms with E-state index in [4.69, 9.17) is 23.4 Å². The third-order valence-corrected chi connectivity index (χ3v) is 4.91. The van der Waals surface area contributed by atoms with Crippen molar-refractivity contribution in [1.82, 2.24) is 0 Å². The van der Waals surface area contributed by atoms with Crippen LogP contribution < -0.4 is 18.9 Å². The van der Waals surface area contributed by atoms with E-state index in [9.17, 15) is 9.90 Å². The lowest BCUT2D eigenvalue weighted by Crippen LogP contribution is -2.04. The Morgan fingerprint density at radius 1 is 0.867 bits per heavy atom. The van der Waals surface area contributed by atoms with E-state index in [1.54, 1.807) is 26.4 Å². The van der Waals surface area contributed by atoms with Crippen molar-refractivity contribution in [3.63, 3.8) is 0 Å². The van der Waals surface area contributed by atoms with Crippen molar-refractivity contribution in [2.24, 2.45) is 0 Å². The summed E-state index contributed by atoms with van der Waals surface area (Å²) in [5.41, 5.74) is 1.19. The van der Waals surface area contributed by atoms with E-state index in [1.165, 1.54) is 14.2 Å². The minimum Gasteiger partial charge on any atom is -0.493 e. The second-order valence-electron chi connectivity index (χ2n) is 6.62. The van der Waals surface area contributed by atoms with Crippen LogP contribution in [0.15, 0.2) is 34.7 Å². The molecule has 1 heterocycles. The predicted molar refractivity (Wildman–Crippen MR) is 113 cm³/mol. The fourth-order valence-corrected chi connectivity index (χ4v) is 3.47. The monoisotopic (exact) mass is 413 g/mol. The van der Waals surface area contributed by atoms with Crippen molar-refractivity contribution in [2.45, 2.75) is 19.8 Å². The maximum Gasteiger partial charge on any atom is 0.361 e. The quantitative estimate of drug-likeness (QED) is 0.540. The number of aliphatic carboxylic acids is 1. The van der Waals surface area contributed by atoms with Crippen molar-refractivity contribution in [2.75, 3.05) is 28.4 Å². The number of carbonyl (C=O) groups is 1. The molecule has 2 aromatic carbocycles. The van der Waals surface area contributed by atoms with Crippen molar-refractivity contribution >= 4 is 16.7 Å². The van der Waals surface area contributed by atoms with Gasteiger partial charge in [0.1, 0.15) is 0 Å². The summed E-state index contributed by atoms with van der Waals surface area (Å²) in [7, 11) is 6.21. The van der Waals surface area contributed by atoms with Crippen LogP contribution in [-0.4, -0.2) is 39.5 Å². The Kier molecular flexibility index (Phi) is 6.30. The van der Waals surface area contributed by atoms with E-state index in [-0.39, 0.29) is 6.42 Å². The molecule has 0 unspecified atom stereocenters. The highest BCUT2D eigenvalue weighted by Crippen LogP contribution is 2.40. The normalized spacial score (nSPS) is 10.7. The van der Waals surface area contributed by atoms with Gasteiger partial charge in [0.25, 0.3) is 0 Å². The van der Waals surface area contributed by atoms with Crippen LogP contribution >= 0.6 is 0 Å². The van der Waals surface area contributed by atoms with Gasteiger partial charge in [-0.1, -0.05) is 6.92 Å². The lowest BCUT2D eigenvalue weighted by Gasteiger charge is -2.12. The molecule has 0 radical (unpaired) electrons. The van der Waals surface area contributed by atoms with E-state index in [2.05, 4.69) is 0 Å². The summed E-state index contributed by atoms with van der Waals surface area (Å²) >= 11 is 0. The number of carboxylic acid groups (broad SMARTS) is 1. The molecule has 0 atom stereocenters. The molecule has 0 spiro atoms. The molecule has 0 saturated heterocycles. The van der Waals surface area contributed by atoms with E-state index in [0.717, 1.165) is 16.5 Å². The molecule has 3 rings (SSSR count). The number of rotatable bonds is 8. The van der Waals surface area contributed by atoms with Gasteiger partial charge < -0.3 is 24.1 Å². The molecular formula is C23H25O7+. The smallest absolute Gasteiger partial charge is 0.361 e. The molecule has 0 bridgehead atoms. The first kappa shape index (κ1) is 21.2. The van der Waals surface area contributed by atoms with Gasteiger partial charge in [0.05, 0.1) is 58.3 Å². The van der Waals surface area contributed by atoms with Gasteiger partial charge in [-0.25, -0.2) is 4.42 Å². The van der Waals surface area contributed by atoms with Gasteiger partial charge in [-0.2, -0.15) is 0 Å². The van der Waals surface area contributed by atoms with Crippen molar-refractivity contribution in [3.05, 3.63) is 41.7 Å². The molecule has 0 saturated carbocycles. The van der Waals surface area contributed by atoms with Crippen molar-refractivity contribution < 1.29 is 33.3 Å². The predicted octanol–water partition coefficient (Wildman–Crippen LogP) is 4.60. The van der Waals surface area contributed by atoms with Gasteiger partial charge in [0.15, 0.2) is 23.0 Å². The lowest BCUT2D eigenvalue weighted by molar-refractivity contribution is -0.136.